The minimum atomic E-state index is -5.08. The Hall–Kier alpha value is -3.59. The number of benzene rings is 1. The molecule has 238 valence electrons. The molecular formula is C30H27ClF4N4O5S. The van der Waals surface area contributed by atoms with Gasteiger partial charge in [0.05, 0.1) is 53.4 Å². The molecule has 2 unspecified atom stereocenters. The van der Waals surface area contributed by atoms with Gasteiger partial charge in [0.15, 0.2) is 0 Å². The van der Waals surface area contributed by atoms with Crippen molar-refractivity contribution in [3.63, 3.8) is 0 Å². The summed E-state index contributed by atoms with van der Waals surface area (Å²) in [4.78, 5) is 41.5. The lowest BCUT2D eigenvalue weighted by atomic mass is 10.0. The largest absolute Gasteiger partial charge is 0.490 e. The van der Waals surface area contributed by atoms with Crippen molar-refractivity contribution in [3.8, 4) is 11.1 Å². The number of carboxylic acids is 1. The summed E-state index contributed by atoms with van der Waals surface area (Å²) in [7, 11) is 0. The number of nitrogens with zero attached hydrogens (tertiary/aromatic N) is 3. The highest BCUT2D eigenvalue weighted by molar-refractivity contribution is 7.19. The first kappa shape index (κ1) is 31.4. The Morgan fingerprint density at radius 3 is 2.51 bits per heavy atom. The minimum Gasteiger partial charge on any atom is -0.475 e. The second-order valence-electron chi connectivity index (χ2n) is 11.8. The maximum Gasteiger partial charge on any atom is 0.490 e. The van der Waals surface area contributed by atoms with Gasteiger partial charge in [0, 0.05) is 51.9 Å². The third kappa shape index (κ3) is 5.68. The van der Waals surface area contributed by atoms with Gasteiger partial charge in [-0.2, -0.15) is 13.2 Å². The Morgan fingerprint density at radius 1 is 1.20 bits per heavy atom. The SMILES string of the molecule is CC1(C)C2C(=O)N(Cc3cc4nccc(-c5cc(Cl)cc6c(F)cn(C[C@@H]7CNCCO7)c56)c4s3)C(=O)C21.O=C(O)C(F)(F)F. The van der Waals surface area contributed by atoms with Crippen LogP contribution in [0.5, 0.6) is 0 Å². The van der Waals surface area contributed by atoms with Crippen LogP contribution in [0.1, 0.15) is 18.7 Å². The molecule has 9 nitrogen and oxygen atoms in total. The molecule has 0 bridgehead atoms. The molecule has 3 atom stereocenters. The Balaban J connectivity index is 0.000000460. The number of aliphatic carboxylic acids is 1. The molecule has 1 aromatic carbocycles. The molecule has 2 saturated heterocycles. The van der Waals surface area contributed by atoms with Gasteiger partial charge in [-0.25, -0.2) is 9.18 Å². The van der Waals surface area contributed by atoms with Crippen LogP contribution in [0.2, 0.25) is 5.02 Å². The fourth-order valence-electron chi connectivity index (χ4n) is 6.26. The quantitative estimate of drug-likeness (QED) is 0.215. The lowest BCUT2D eigenvalue weighted by Gasteiger charge is -2.24. The smallest absolute Gasteiger partial charge is 0.475 e. The lowest BCUT2D eigenvalue weighted by molar-refractivity contribution is -0.192. The molecule has 3 fully saturated rings. The fourth-order valence-corrected chi connectivity index (χ4v) is 7.61. The van der Waals surface area contributed by atoms with E-state index in [2.05, 4.69) is 10.3 Å². The third-order valence-corrected chi connectivity index (χ3v) is 9.85. The number of amides is 2. The van der Waals surface area contributed by atoms with Gasteiger partial charge in [-0.05, 0) is 29.7 Å². The van der Waals surface area contributed by atoms with E-state index in [1.165, 1.54) is 22.4 Å². The summed E-state index contributed by atoms with van der Waals surface area (Å²) in [6.07, 6.45) is -1.92. The van der Waals surface area contributed by atoms with E-state index in [1.807, 2.05) is 36.6 Å². The Bertz CT molecular complexity index is 1830. The second-order valence-corrected chi connectivity index (χ2v) is 13.4. The maximum absolute atomic E-state index is 15.1. The summed E-state index contributed by atoms with van der Waals surface area (Å²) in [6, 6.07) is 7.35. The van der Waals surface area contributed by atoms with E-state index >= 15 is 4.39 Å². The number of nitrogens with one attached hydrogen (secondary N) is 1. The first-order chi connectivity index (χ1) is 21.2. The van der Waals surface area contributed by atoms with Crippen molar-refractivity contribution < 1.29 is 41.8 Å². The average molecular weight is 667 g/mol. The molecule has 3 aromatic heterocycles. The number of pyridine rings is 1. The maximum atomic E-state index is 15.1. The molecule has 5 heterocycles. The molecule has 2 aliphatic heterocycles. The predicted molar refractivity (Wildman–Crippen MR) is 158 cm³/mol. The first-order valence-electron chi connectivity index (χ1n) is 14.0. The van der Waals surface area contributed by atoms with Crippen molar-refractivity contribution in [2.45, 2.75) is 39.2 Å². The number of morpholine rings is 1. The molecule has 15 heteroatoms. The summed E-state index contributed by atoms with van der Waals surface area (Å²) in [5, 5.41) is 11.3. The molecule has 1 aliphatic carbocycles. The van der Waals surface area contributed by atoms with Crippen LogP contribution in [0, 0.1) is 23.1 Å². The number of ether oxygens (including phenoxy) is 1. The second kappa shape index (κ2) is 11.3. The van der Waals surface area contributed by atoms with E-state index in [9.17, 15) is 22.8 Å². The van der Waals surface area contributed by atoms with Crippen molar-refractivity contribution >= 4 is 61.8 Å². The van der Waals surface area contributed by atoms with Crippen LogP contribution in [0.15, 0.2) is 36.7 Å². The van der Waals surface area contributed by atoms with Gasteiger partial charge in [-0.1, -0.05) is 25.4 Å². The Kier molecular flexibility index (Phi) is 7.91. The minimum absolute atomic E-state index is 0.0696. The van der Waals surface area contributed by atoms with E-state index < -0.39 is 12.1 Å². The summed E-state index contributed by atoms with van der Waals surface area (Å²) in [5.41, 5.74) is 2.95. The van der Waals surface area contributed by atoms with Gasteiger partial charge in [0.2, 0.25) is 11.8 Å². The van der Waals surface area contributed by atoms with Crippen molar-refractivity contribution in [1.29, 1.82) is 0 Å². The molecule has 45 heavy (non-hydrogen) atoms. The van der Waals surface area contributed by atoms with Gasteiger partial charge < -0.3 is 19.7 Å². The fraction of sp³-hybridized carbons (Fsp3) is 0.400. The van der Waals surface area contributed by atoms with Crippen LogP contribution < -0.4 is 5.32 Å². The molecule has 2 N–H and O–H groups in total. The number of halogens is 5. The monoisotopic (exact) mass is 666 g/mol. The zero-order valence-electron chi connectivity index (χ0n) is 24.0. The lowest BCUT2D eigenvalue weighted by Crippen LogP contribution is -2.40. The number of likely N-dealkylation sites (tertiary alicyclic amines) is 1. The van der Waals surface area contributed by atoms with E-state index in [0.29, 0.717) is 30.1 Å². The van der Waals surface area contributed by atoms with Crippen LogP contribution in [-0.4, -0.2) is 69.3 Å². The highest BCUT2D eigenvalue weighted by Gasteiger charge is 2.72. The van der Waals surface area contributed by atoms with Crippen molar-refractivity contribution in [2.24, 2.45) is 17.3 Å². The number of rotatable bonds is 5. The number of thiophene rings is 1. The summed E-state index contributed by atoms with van der Waals surface area (Å²) >= 11 is 7.98. The van der Waals surface area contributed by atoms with E-state index in [1.54, 1.807) is 12.3 Å². The molecule has 3 aliphatic rings. The number of alkyl halides is 3. The summed E-state index contributed by atoms with van der Waals surface area (Å²) in [5.74, 6) is -3.67. The van der Waals surface area contributed by atoms with Gasteiger partial charge in [0.1, 0.15) is 5.82 Å². The van der Waals surface area contributed by atoms with Crippen LogP contribution in [-0.2, 0) is 32.2 Å². The van der Waals surface area contributed by atoms with Crippen LogP contribution >= 0.6 is 22.9 Å². The number of aromatic nitrogens is 2. The normalized spacial score (nSPS) is 22.5. The molecule has 1 saturated carbocycles. The standard InChI is InChI=1S/C28H26ClFN4O3S.C2HF3O2/c1-28(2)22-23(28)27(36)34(26(22)35)12-16-9-21-25(38-16)17(3-4-32-21)18-7-14(29)8-19-20(30)13-33(24(18)19)11-15-10-31-5-6-37-15;3-2(4,5)1(6)7/h3-4,7-9,13,15,22-23,31H,5-6,10-12H2,1-2H3;(H,6,7)/t15-,22?,23?;/m0./s1. The predicted octanol–water partition coefficient (Wildman–Crippen LogP) is 5.47. The van der Waals surface area contributed by atoms with E-state index in [4.69, 9.17) is 26.2 Å². The molecule has 2 amide bonds. The molecular weight excluding hydrogens is 640 g/mol. The topological polar surface area (TPSA) is 114 Å². The summed E-state index contributed by atoms with van der Waals surface area (Å²) < 4.78 is 55.6. The molecule has 0 spiro atoms. The van der Waals surface area contributed by atoms with Gasteiger partial charge in [-0.3, -0.25) is 19.5 Å². The van der Waals surface area contributed by atoms with Crippen molar-refractivity contribution in [2.75, 3.05) is 19.7 Å². The van der Waals surface area contributed by atoms with Crippen molar-refractivity contribution in [1.82, 2.24) is 19.8 Å². The zero-order chi connectivity index (χ0) is 32.4. The average Bonchev–Trinajstić information content (AvgIpc) is 3.24. The highest BCUT2D eigenvalue weighted by Crippen LogP contribution is 2.63. The van der Waals surface area contributed by atoms with Crippen LogP contribution in [0.25, 0.3) is 32.2 Å². The number of carbonyl (C=O) groups is 3. The van der Waals surface area contributed by atoms with Crippen LogP contribution in [0.3, 0.4) is 0 Å². The van der Waals surface area contributed by atoms with Gasteiger partial charge in [0.25, 0.3) is 0 Å². The zero-order valence-corrected chi connectivity index (χ0v) is 25.5. The number of fused-ring (bicyclic) bond motifs is 3. The highest BCUT2D eigenvalue weighted by atomic mass is 35.5. The number of piperidine rings is 1. The first-order valence-corrected chi connectivity index (χ1v) is 15.2. The van der Waals surface area contributed by atoms with E-state index in [-0.39, 0.29) is 47.5 Å². The van der Waals surface area contributed by atoms with Gasteiger partial charge >= 0.3 is 12.1 Å². The van der Waals surface area contributed by atoms with Crippen molar-refractivity contribution in [3.05, 3.63) is 52.4 Å². The van der Waals surface area contributed by atoms with E-state index in [0.717, 1.165) is 38.3 Å². The Morgan fingerprint density at radius 2 is 1.89 bits per heavy atom. The number of hydrogen-bond donors (Lipinski definition) is 2. The number of hydrogen-bond acceptors (Lipinski definition) is 7. The summed E-state index contributed by atoms with van der Waals surface area (Å²) in [6.45, 7) is 6.83. The third-order valence-electron chi connectivity index (χ3n) is 8.49. The molecule has 4 aromatic rings. The molecule has 7 rings (SSSR count). The Labute approximate surface area is 262 Å². The number of carbonyl (C=O) groups excluding carboxylic acids is 2. The van der Waals surface area contributed by atoms with Gasteiger partial charge in [-0.15, -0.1) is 11.3 Å². The number of carboxylic acid groups (broad SMARTS) is 1. The van der Waals surface area contributed by atoms with Crippen LogP contribution in [0.4, 0.5) is 17.6 Å². The number of imide groups is 1. The molecule has 0 radical (unpaired) electrons.